The zero-order valence-electron chi connectivity index (χ0n) is 19.2. The van der Waals surface area contributed by atoms with E-state index < -0.39 is 11.5 Å². The monoisotopic (exact) mass is 527 g/mol. The van der Waals surface area contributed by atoms with Crippen molar-refractivity contribution in [1.29, 1.82) is 0 Å². The van der Waals surface area contributed by atoms with Gasteiger partial charge in [-0.05, 0) is 32.0 Å². The number of hydrogen-bond acceptors (Lipinski definition) is 9. The van der Waals surface area contributed by atoms with Gasteiger partial charge in [-0.2, -0.15) is 0 Å². The molecule has 190 valence electrons. The number of benzene rings is 1. The Morgan fingerprint density at radius 3 is 2.43 bits per heavy atom. The van der Waals surface area contributed by atoms with Crippen LogP contribution in [0.4, 0.5) is 0 Å². The Balaban J connectivity index is 0.000000324. The van der Waals surface area contributed by atoms with Crippen LogP contribution in [0.25, 0.3) is 11.0 Å². The molecule has 3 aromatic rings. The molecule has 0 aliphatic carbocycles. The third kappa shape index (κ3) is 10.4. The van der Waals surface area contributed by atoms with Crippen molar-refractivity contribution in [3.8, 4) is 5.75 Å². The molecule has 0 atom stereocenters. The third-order valence-corrected chi connectivity index (χ3v) is 4.65. The normalized spacial score (nSPS) is 12.1. The molecule has 1 aliphatic rings. The van der Waals surface area contributed by atoms with Gasteiger partial charge in [0.15, 0.2) is 5.58 Å². The highest BCUT2D eigenvalue weighted by Gasteiger charge is 2.14. The Hall–Kier alpha value is -3.05. The first-order valence-corrected chi connectivity index (χ1v) is 11.2. The fourth-order valence-corrected chi connectivity index (χ4v) is 2.68. The average molecular weight is 528 g/mol. The lowest BCUT2D eigenvalue weighted by molar-refractivity contribution is -0.136. The second-order valence-electron chi connectivity index (χ2n) is 7.93. The van der Waals surface area contributed by atoms with Crippen LogP contribution < -0.4 is 10.5 Å². The standard InChI is InChI=1S/C16H12Cl2N2O4.C4H11NO.C3H4O2/c17-9-1-2-10(19-7-9)8-23-15-6-14-11(5-12(15)18)13(20-24-14)3-4-16(21)22;1-4(2,5)3-6;1-2-5-3-4-1/h1-2,5-7H,3-4,8H2,(H,21,22);6H,3,5H2,1-2H3;1-2H,3H2. The molecule has 1 aromatic carbocycles. The van der Waals surface area contributed by atoms with Crippen LogP contribution in [0.5, 0.6) is 5.75 Å². The van der Waals surface area contributed by atoms with Crippen molar-refractivity contribution in [3.63, 3.8) is 0 Å². The summed E-state index contributed by atoms with van der Waals surface area (Å²) in [7, 11) is 0. The molecule has 4 N–H and O–H groups in total. The molecule has 4 rings (SSSR count). The quantitative estimate of drug-likeness (QED) is 0.405. The van der Waals surface area contributed by atoms with Gasteiger partial charge in [-0.3, -0.25) is 9.78 Å². The number of rotatable bonds is 7. The molecule has 1 aliphatic heterocycles. The Kier molecular flexibility index (Phi) is 11.1. The Labute approximate surface area is 212 Å². The van der Waals surface area contributed by atoms with Crippen LogP contribution in [-0.4, -0.2) is 45.3 Å². The molecule has 0 amide bonds. The number of pyridine rings is 1. The lowest BCUT2D eigenvalue weighted by atomic mass is 10.1. The molecular formula is C23H27Cl2N3O7. The van der Waals surface area contributed by atoms with Crippen LogP contribution in [0.2, 0.25) is 10.0 Å². The van der Waals surface area contributed by atoms with Crippen molar-refractivity contribution < 1.29 is 33.7 Å². The summed E-state index contributed by atoms with van der Waals surface area (Å²) >= 11 is 12.0. The highest BCUT2D eigenvalue weighted by molar-refractivity contribution is 6.32. The Morgan fingerprint density at radius 2 is 1.91 bits per heavy atom. The number of aliphatic hydroxyl groups is 1. The number of carboxylic acid groups (broad SMARTS) is 1. The number of hydrogen-bond donors (Lipinski definition) is 3. The van der Waals surface area contributed by atoms with E-state index in [9.17, 15) is 4.79 Å². The minimum absolute atomic E-state index is 0.0280. The molecule has 0 bridgehead atoms. The minimum atomic E-state index is -0.896. The molecule has 0 saturated heterocycles. The number of aromatic nitrogens is 2. The molecule has 0 saturated carbocycles. The predicted molar refractivity (Wildman–Crippen MR) is 130 cm³/mol. The fraction of sp³-hybridized carbons (Fsp3) is 0.348. The summed E-state index contributed by atoms with van der Waals surface area (Å²) in [5, 5.41) is 22.5. The first-order valence-electron chi connectivity index (χ1n) is 10.4. The minimum Gasteiger partial charge on any atom is -0.486 e. The van der Waals surface area contributed by atoms with Gasteiger partial charge in [0.05, 0.1) is 34.5 Å². The van der Waals surface area contributed by atoms with Gasteiger partial charge >= 0.3 is 5.97 Å². The first kappa shape index (κ1) is 28.2. The number of nitrogens with two attached hydrogens (primary N) is 1. The van der Waals surface area contributed by atoms with Crippen LogP contribution >= 0.6 is 23.2 Å². The molecule has 3 heterocycles. The van der Waals surface area contributed by atoms with Crippen molar-refractivity contribution in [3.05, 3.63) is 64.4 Å². The number of nitrogens with zero attached hydrogens (tertiary/aromatic N) is 2. The molecule has 35 heavy (non-hydrogen) atoms. The second-order valence-corrected chi connectivity index (χ2v) is 8.77. The smallest absolute Gasteiger partial charge is 0.303 e. The Morgan fingerprint density at radius 1 is 1.23 bits per heavy atom. The number of aliphatic hydroxyl groups excluding tert-OH is 1. The van der Waals surface area contributed by atoms with Crippen molar-refractivity contribution in [2.75, 3.05) is 13.4 Å². The van der Waals surface area contributed by atoms with E-state index >= 15 is 0 Å². The van der Waals surface area contributed by atoms with Gasteiger partial charge in [-0.1, -0.05) is 28.4 Å². The van der Waals surface area contributed by atoms with E-state index in [0.29, 0.717) is 44.9 Å². The maximum Gasteiger partial charge on any atom is 0.303 e. The van der Waals surface area contributed by atoms with E-state index in [-0.39, 0.29) is 26.1 Å². The van der Waals surface area contributed by atoms with Crippen LogP contribution in [0.3, 0.4) is 0 Å². The van der Waals surface area contributed by atoms with Crippen molar-refractivity contribution in [2.24, 2.45) is 5.73 Å². The number of ether oxygens (including phenoxy) is 3. The third-order valence-electron chi connectivity index (χ3n) is 4.13. The van der Waals surface area contributed by atoms with Gasteiger partial charge in [0, 0.05) is 29.6 Å². The van der Waals surface area contributed by atoms with E-state index in [2.05, 4.69) is 19.6 Å². The number of aliphatic carboxylic acids is 1. The maximum atomic E-state index is 10.7. The summed E-state index contributed by atoms with van der Waals surface area (Å²) in [6.45, 7) is 4.20. The van der Waals surface area contributed by atoms with Crippen molar-refractivity contribution in [2.45, 2.75) is 38.8 Å². The Bertz CT molecular complexity index is 1110. The average Bonchev–Trinajstić information content (AvgIpc) is 3.51. The molecule has 0 fully saturated rings. The number of carboxylic acids is 1. The summed E-state index contributed by atoms with van der Waals surface area (Å²) < 4.78 is 20.0. The van der Waals surface area contributed by atoms with E-state index in [1.165, 1.54) is 18.7 Å². The summed E-state index contributed by atoms with van der Waals surface area (Å²) in [6.07, 6.45) is 4.81. The van der Waals surface area contributed by atoms with E-state index in [0.717, 1.165) is 0 Å². The summed E-state index contributed by atoms with van der Waals surface area (Å²) in [5.74, 6) is -0.463. The van der Waals surface area contributed by atoms with Gasteiger partial charge in [0.25, 0.3) is 0 Å². The predicted octanol–water partition coefficient (Wildman–Crippen LogP) is 4.30. The van der Waals surface area contributed by atoms with Crippen LogP contribution in [-0.2, 0) is 27.3 Å². The zero-order valence-corrected chi connectivity index (χ0v) is 20.8. The zero-order chi connectivity index (χ0) is 25.8. The van der Waals surface area contributed by atoms with Crippen LogP contribution in [0.15, 0.2) is 47.5 Å². The summed E-state index contributed by atoms with van der Waals surface area (Å²) in [4.78, 5) is 14.8. The lowest BCUT2D eigenvalue weighted by Gasteiger charge is -2.12. The van der Waals surface area contributed by atoms with Gasteiger partial charge in [-0.15, -0.1) is 0 Å². The number of aryl methyl sites for hydroxylation is 1. The fourth-order valence-electron chi connectivity index (χ4n) is 2.35. The molecule has 10 nitrogen and oxygen atoms in total. The van der Waals surface area contributed by atoms with E-state index in [1.54, 1.807) is 38.1 Å². The van der Waals surface area contributed by atoms with Crippen LogP contribution in [0.1, 0.15) is 31.7 Å². The molecule has 2 aromatic heterocycles. The van der Waals surface area contributed by atoms with Crippen molar-refractivity contribution in [1.82, 2.24) is 10.1 Å². The highest BCUT2D eigenvalue weighted by Crippen LogP contribution is 2.32. The van der Waals surface area contributed by atoms with E-state index in [4.69, 9.17) is 48.4 Å². The van der Waals surface area contributed by atoms with Gasteiger partial charge in [0.2, 0.25) is 6.79 Å². The van der Waals surface area contributed by atoms with Gasteiger partial charge < -0.3 is 34.7 Å². The molecule has 12 heteroatoms. The molecule has 0 radical (unpaired) electrons. The first-order chi connectivity index (χ1) is 16.6. The van der Waals surface area contributed by atoms with Gasteiger partial charge in [-0.25, -0.2) is 0 Å². The number of halogens is 2. The molecule has 0 spiro atoms. The topological polar surface area (TPSA) is 150 Å². The lowest BCUT2D eigenvalue weighted by Crippen LogP contribution is -2.35. The number of carbonyl (C=O) groups is 1. The van der Waals surface area contributed by atoms with Gasteiger partial charge in [0.1, 0.15) is 24.9 Å². The molecule has 0 unspecified atom stereocenters. The largest absolute Gasteiger partial charge is 0.486 e. The van der Waals surface area contributed by atoms with Crippen molar-refractivity contribution >= 4 is 40.1 Å². The van der Waals surface area contributed by atoms with E-state index in [1.807, 2.05) is 0 Å². The number of fused-ring (bicyclic) bond motifs is 1. The second kappa shape index (κ2) is 13.7. The SMILES string of the molecule is C1=COCO1.CC(C)(N)CO.O=C(O)CCc1noc2cc(OCc3ccc(Cl)cn3)c(Cl)cc12. The summed E-state index contributed by atoms with van der Waals surface area (Å²) in [6, 6.07) is 6.77. The summed E-state index contributed by atoms with van der Waals surface area (Å²) in [5.41, 5.74) is 6.63. The van der Waals surface area contributed by atoms with Crippen LogP contribution in [0, 0.1) is 0 Å². The maximum absolute atomic E-state index is 10.7. The molecular weight excluding hydrogens is 501 g/mol. The highest BCUT2D eigenvalue weighted by atomic mass is 35.5.